The summed E-state index contributed by atoms with van der Waals surface area (Å²) in [5, 5.41) is 1.82. The lowest BCUT2D eigenvalue weighted by Gasteiger charge is -2.09. The van der Waals surface area contributed by atoms with Crippen molar-refractivity contribution in [2.24, 2.45) is 0 Å². The van der Waals surface area contributed by atoms with E-state index in [-0.39, 0.29) is 5.75 Å². The maximum absolute atomic E-state index is 12.2. The number of halogens is 3. The van der Waals surface area contributed by atoms with Crippen LogP contribution in [-0.2, 0) is 15.6 Å². The highest BCUT2D eigenvalue weighted by molar-refractivity contribution is 7.98. The van der Waals surface area contributed by atoms with Crippen molar-refractivity contribution in [1.82, 2.24) is 9.55 Å². The van der Waals surface area contributed by atoms with Crippen LogP contribution >= 0.6 is 46.6 Å². The van der Waals surface area contributed by atoms with Crippen LogP contribution in [-0.4, -0.2) is 23.7 Å². The minimum atomic E-state index is -3.27. The minimum absolute atomic E-state index is 0.0550. The third kappa shape index (κ3) is 5.42. The van der Waals surface area contributed by atoms with E-state index in [1.165, 1.54) is 11.8 Å². The minimum Gasteiger partial charge on any atom is -0.299 e. The molecule has 170 valence electrons. The van der Waals surface area contributed by atoms with E-state index in [9.17, 15) is 8.42 Å². The molecule has 0 saturated heterocycles. The summed E-state index contributed by atoms with van der Waals surface area (Å²) < 4.78 is 26.3. The molecule has 4 aromatic rings. The number of nitrogens with zero attached hydrogens (tertiary/aromatic N) is 2. The van der Waals surface area contributed by atoms with E-state index < -0.39 is 9.84 Å². The van der Waals surface area contributed by atoms with Crippen molar-refractivity contribution >= 4 is 56.4 Å². The topological polar surface area (TPSA) is 52.0 Å². The van der Waals surface area contributed by atoms with Crippen molar-refractivity contribution in [2.75, 3.05) is 5.75 Å². The Hall–Kier alpha value is -1.96. The highest BCUT2D eigenvalue weighted by Crippen LogP contribution is 2.36. The molecule has 0 aliphatic carbocycles. The highest BCUT2D eigenvalue weighted by atomic mass is 35.5. The van der Waals surface area contributed by atoms with Crippen LogP contribution < -0.4 is 0 Å². The summed E-state index contributed by atoms with van der Waals surface area (Å²) in [6.45, 7) is 1.63. The van der Waals surface area contributed by atoms with Gasteiger partial charge >= 0.3 is 0 Å². The fourth-order valence-electron chi connectivity index (χ4n) is 3.25. The average Bonchev–Trinajstić information content (AvgIpc) is 3.23. The lowest BCUT2D eigenvalue weighted by molar-refractivity contribution is 0.597. The summed E-state index contributed by atoms with van der Waals surface area (Å²) in [6.07, 6.45) is 1.94. The Balaban J connectivity index is 1.72. The first-order valence-electron chi connectivity index (χ1n) is 10.0. The Kier molecular flexibility index (Phi) is 7.41. The Labute approximate surface area is 212 Å². The summed E-state index contributed by atoms with van der Waals surface area (Å²) in [7, 11) is -3.27. The molecular weight excluding hydrogens is 519 g/mol. The molecule has 4 nitrogen and oxygen atoms in total. The van der Waals surface area contributed by atoms with Crippen molar-refractivity contribution in [3.8, 4) is 17.1 Å². The van der Waals surface area contributed by atoms with Gasteiger partial charge < -0.3 is 0 Å². The number of hydrogen-bond acceptors (Lipinski definition) is 4. The average molecular weight is 538 g/mol. The van der Waals surface area contributed by atoms with Gasteiger partial charge in [-0.1, -0.05) is 47.8 Å². The zero-order valence-corrected chi connectivity index (χ0v) is 21.4. The second kappa shape index (κ2) is 10.1. The molecule has 0 aliphatic rings. The van der Waals surface area contributed by atoms with Gasteiger partial charge in [0.05, 0.1) is 26.4 Å². The van der Waals surface area contributed by atoms with Crippen LogP contribution in [0, 0.1) is 0 Å². The standard InChI is InChI=1S/C24H19Cl3N2O2S2/c1-2-33(30,31)20-12-10-19(11-13-20)29-14-18(15-32-23-21(26)4-3-5-22(23)27)28-24(29)16-6-8-17(25)9-7-16/h3-14H,2,15H2,1H3. The molecule has 0 atom stereocenters. The number of benzene rings is 3. The van der Waals surface area contributed by atoms with Crippen molar-refractivity contribution in [1.29, 1.82) is 0 Å². The van der Waals surface area contributed by atoms with Gasteiger partial charge in [0.1, 0.15) is 5.82 Å². The largest absolute Gasteiger partial charge is 0.299 e. The van der Waals surface area contributed by atoms with Crippen LogP contribution in [0.25, 0.3) is 17.1 Å². The Bertz CT molecular complexity index is 1360. The summed E-state index contributed by atoms with van der Waals surface area (Å²) in [5.41, 5.74) is 2.51. The third-order valence-electron chi connectivity index (χ3n) is 5.00. The van der Waals surface area contributed by atoms with Crippen molar-refractivity contribution in [3.63, 3.8) is 0 Å². The van der Waals surface area contributed by atoms with E-state index in [1.54, 1.807) is 43.3 Å². The zero-order valence-electron chi connectivity index (χ0n) is 17.5. The van der Waals surface area contributed by atoms with Crippen molar-refractivity contribution in [2.45, 2.75) is 22.5 Å². The predicted molar refractivity (Wildman–Crippen MR) is 138 cm³/mol. The van der Waals surface area contributed by atoms with E-state index in [0.717, 1.165) is 27.7 Å². The van der Waals surface area contributed by atoms with Gasteiger partial charge in [-0.2, -0.15) is 0 Å². The summed E-state index contributed by atoms with van der Waals surface area (Å²) in [4.78, 5) is 5.94. The molecule has 1 heterocycles. The smallest absolute Gasteiger partial charge is 0.178 e. The summed E-state index contributed by atoms with van der Waals surface area (Å²) >= 11 is 20.2. The van der Waals surface area contributed by atoms with Crippen molar-refractivity contribution < 1.29 is 8.42 Å². The van der Waals surface area contributed by atoms with Crippen molar-refractivity contribution in [3.05, 3.63) is 93.7 Å². The second-order valence-electron chi connectivity index (χ2n) is 7.17. The Morgan fingerprint density at radius 2 is 1.55 bits per heavy atom. The molecule has 0 fully saturated rings. The highest BCUT2D eigenvalue weighted by Gasteiger charge is 2.16. The van der Waals surface area contributed by atoms with Crippen LogP contribution in [0.15, 0.2) is 82.7 Å². The molecule has 0 spiro atoms. The SMILES string of the molecule is CCS(=O)(=O)c1ccc(-n2cc(CSc3c(Cl)cccc3Cl)nc2-c2ccc(Cl)cc2)cc1. The van der Waals surface area contributed by atoms with Gasteiger partial charge in [0.15, 0.2) is 9.84 Å². The first kappa shape index (κ1) is 24.2. The maximum Gasteiger partial charge on any atom is 0.178 e. The molecular formula is C24H19Cl3N2O2S2. The normalized spacial score (nSPS) is 11.6. The molecule has 0 unspecified atom stereocenters. The fraction of sp³-hybridized carbons (Fsp3) is 0.125. The molecule has 9 heteroatoms. The van der Waals surface area contributed by atoms with Gasteiger partial charge in [0.2, 0.25) is 0 Å². The van der Waals surface area contributed by atoms with E-state index >= 15 is 0 Å². The van der Waals surface area contributed by atoms with Gasteiger partial charge in [-0.05, 0) is 60.7 Å². The maximum atomic E-state index is 12.2. The first-order chi connectivity index (χ1) is 15.8. The third-order valence-corrected chi connectivity index (χ3v) is 9.02. The molecule has 0 radical (unpaired) electrons. The molecule has 0 N–H and O–H groups in total. The monoisotopic (exact) mass is 536 g/mol. The quantitative estimate of drug-likeness (QED) is 0.228. The van der Waals surface area contributed by atoms with Crippen LogP contribution in [0.4, 0.5) is 0 Å². The fourth-order valence-corrected chi connectivity index (χ4v) is 5.82. The molecule has 0 bridgehead atoms. The van der Waals surface area contributed by atoms with Crippen LogP contribution in [0.3, 0.4) is 0 Å². The van der Waals surface area contributed by atoms with E-state index in [2.05, 4.69) is 0 Å². The summed E-state index contributed by atoms with van der Waals surface area (Å²) in [5.74, 6) is 1.33. The lowest BCUT2D eigenvalue weighted by Crippen LogP contribution is -2.04. The number of hydrogen-bond donors (Lipinski definition) is 0. The molecule has 0 amide bonds. The Morgan fingerprint density at radius 1 is 0.909 bits per heavy atom. The molecule has 0 saturated carbocycles. The first-order valence-corrected chi connectivity index (χ1v) is 13.8. The Morgan fingerprint density at radius 3 is 2.15 bits per heavy atom. The van der Waals surface area contributed by atoms with Gasteiger partial charge in [-0.15, -0.1) is 11.8 Å². The van der Waals surface area contributed by atoms with Crippen LogP contribution in [0.2, 0.25) is 15.1 Å². The van der Waals surface area contributed by atoms with Gasteiger partial charge in [0.25, 0.3) is 0 Å². The van der Waals surface area contributed by atoms with Crippen LogP contribution in [0.1, 0.15) is 12.6 Å². The van der Waals surface area contributed by atoms with Gasteiger partial charge in [-0.3, -0.25) is 4.57 Å². The number of sulfone groups is 1. The molecule has 4 rings (SSSR count). The molecule has 1 aromatic heterocycles. The van der Waals surface area contributed by atoms with E-state index in [1.807, 2.05) is 41.1 Å². The predicted octanol–water partition coefficient (Wildman–Crippen LogP) is 7.59. The number of thioether (sulfide) groups is 1. The van der Waals surface area contributed by atoms with Gasteiger partial charge in [0, 0.05) is 33.1 Å². The molecule has 33 heavy (non-hydrogen) atoms. The van der Waals surface area contributed by atoms with Gasteiger partial charge in [-0.25, -0.2) is 13.4 Å². The molecule has 0 aliphatic heterocycles. The second-order valence-corrected chi connectivity index (χ2v) is 11.7. The summed E-state index contributed by atoms with van der Waals surface area (Å²) in [6, 6.07) is 19.7. The molecule has 3 aromatic carbocycles. The number of imidazole rings is 1. The lowest BCUT2D eigenvalue weighted by atomic mass is 10.2. The number of aromatic nitrogens is 2. The van der Waals surface area contributed by atoms with Crippen LogP contribution in [0.5, 0.6) is 0 Å². The van der Waals surface area contributed by atoms with E-state index in [4.69, 9.17) is 39.8 Å². The van der Waals surface area contributed by atoms with E-state index in [0.29, 0.717) is 25.7 Å². The zero-order chi connectivity index (χ0) is 23.6. The number of rotatable bonds is 7.